The van der Waals surface area contributed by atoms with Crippen molar-refractivity contribution in [1.82, 2.24) is 10.6 Å². The van der Waals surface area contributed by atoms with Crippen molar-refractivity contribution in [3.63, 3.8) is 0 Å². The van der Waals surface area contributed by atoms with Crippen LogP contribution in [0.15, 0.2) is 59.8 Å². The summed E-state index contributed by atoms with van der Waals surface area (Å²) in [7, 11) is 1.61. The molecule has 1 heterocycles. The number of methoxy groups -OCH3 is 1. The second kappa shape index (κ2) is 9.63. The summed E-state index contributed by atoms with van der Waals surface area (Å²) < 4.78 is 5.18. The fourth-order valence-electron chi connectivity index (χ4n) is 3.58. The van der Waals surface area contributed by atoms with Gasteiger partial charge in [-0.3, -0.25) is 4.79 Å². The van der Waals surface area contributed by atoms with Gasteiger partial charge in [0, 0.05) is 30.2 Å². The lowest BCUT2D eigenvalue weighted by atomic mass is 9.94. The minimum Gasteiger partial charge on any atom is -0.497 e. The van der Waals surface area contributed by atoms with E-state index in [1.54, 1.807) is 7.11 Å². The summed E-state index contributed by atoms with van der Waals surface area (Å²) in [6, 6.07) is 15.2. The van der Waals surface area contributed by atoms with Crippen molar-refractivity contribution in [2.24, 2.45) is 0 Å². The van der Waals surface area contributed by atoms with Crippen molar-refractivity contribution in [3.8, 4) is 5.75 Å². The number of carbonyl (C=O) groups excluding carboxylic acids is 1. The van der Waals surface area contributed by atoms with Crippen LogP contribution in [-0.4, -0.2) is 31.2 Å². The molecule has 2 aromatic rings. The average Bonchev–Trinajstić information content (AvgIpc) is 2.75. The van der Waals surface area contributed by atoms with Crippen LogP contribution in [-0.2, 0) is 4.79 Å². The van der Waals surface area contributed by atoms with E-state index >= 15 is 0 Å². The Morgan fingerprint density at radius 1 is 1.10 bits per heavy atom. The Hall–Kier alpha value is -3.06. The van der Waals surface area contributed by atoms with E-state index in [4.69, 9.17) is 17.0 Å². The number of nitrogens with zero attached hydrogens (tertiary/aromatic N) is 1. The lowest BCUT2D eigenvalue weighted by Crippen LogP contribution is -2.45. The van der Waals surface area contributed by atoms with Crippen LogP contribution >= 0.6 is 12.2 Å². The summed E-state index contributed by atoms with van der Waals surface area (Å²) in [5, 5.41) is 9.79. The highest BCUT2D eigenvalue weighted by Gasteiger charge is 2.30. The van der Waals surface area contributed by atoms with Gasteiger partial charge in [-0.2, -0.15) is 0 Å². The highest BCUT2D eigenvalue weighted by Crippen LogP contribution is 2.29. The molecule has 158 valence electrons. The molecule has 1 aliphatic rings. The fraction of sp³-hybridized carbons (Fsp3) is 0.304. The van der Waals surface area contributed by atoms with Crippen LogP contribution in [0.25, 0.3) is 0 Å². The quantitative estimate of drug-likeness (QED) is 0.585. The molecule has 0 saturated heterocycles. The number of anilines is 2. The number of nitrogens with one attached hydrogen (secondary N) is 3. The summed E-state index contributed by atoms with van der Waals surface area (Å²) in [4.78, 5) is 15.4. The minimum absolute atomic E-state index is 0.182. The van der Waals surface area contributed by atoms with Crippen LogP contribution in [0.1, 0.15) is 32.4 Å². The number of hydrogen-bond donors (Lipinski definition) is 3. The molecular formula is C23H28N4O2S. The van der Waals surface area contributed by atoms with Gasteiger partial charge in [-0.05, 0) is 75.0 Å². The number of hydrogen-bond acceptors (Lipinski definition) is 4. The van der Waals surface area contributed by atoms with Crippen LogP contribution in [0.5, 0.6) is 5.75 Å². The van der Waals surface area contributed by atoms with Crippen LogP contribution < -0.4 is 25.6 Å². The predicted octanol–water partition coefficient (Wildman–Crippen LogP) is 3.97. The second-order valence-corrected chi connectivity index (χ2v) is 7.42. The molecule has 0 saturated carbocycles. The van der Waals surface area contributed by atoms with Gasteiger partial charge in [0.25, 0.3) is 5.91 Å². The van der Waals surface area contributed by atoms with Gasteiger partial charge in [-0.1, -0.05) is 12.1 Å². The maximum absolute atomic E-state index is 13.2. The Labute approximate surface area is 183 Å². The van der Waals surface area contributed by atoms with E-state index in [0.717, 1.165) is 35.8 Å². The van der Waals surface area contributed by atoms with E-state index in [0.29, 0.717) is 16.4 Å². The molecule has 30 heavy (non-hydrogen) atoms. The topological polar surface area (TPSA) is 65.6 Å². The molecule has 0 bridgehead atoms. The Morgan fingerprint density at radius 3 is 2.30 bits per heavy atom. The first-order valence-electron chi connectivity index (χ1n) is 10.0. The SMILES string of the molecule is CCN(CC)c1ccc(C2NC(=S)NC(C)=C2C(=O)Nc2ccc(OC)cc2)cc1. The predicted molar refractivity (Wildman–Crippen MR) is 126 cm³/mol. The zero-order valence-electron chi connectivity index (χ0n) is 17.8. The molecule has 7 heteroatoms. The van der Waals surface area contributed by atoms with Gasteiger partial charge >= 0.3 is 0 Å². The molecule has 1 atom stereocenters. The second-order valence-electron chi connectivity index (χ2n) is 7.02. The Balaban J connectivity index is 1.87. The van der Waals surface area contributed by atoms with Crippen molar-refractivity contribution in [1.29, 1.82) is 0 Å². The van der Waals surface area contributed by atoms with Gasteiger partial charge in [0.05, 0.1) is 18.7 Å². The third kappa shape index (κ3) is 4.74. The largest absolute Gasteiger partial charge is 0.497 e. The van der Waals surface area contributed by atoms with Gasteiger partial charge in [0.15, 0.2) is 5.11 Å². The molecule has 1 unspecified atom stereocenters. The standard InChI is InChI=1S/C23H28N4O2S/c1-5-27(6-2)18-11-7-16(8-12-18)21-20(15(3)24-23(30)26-21)22(28)25-17-9-13-19(29-4)14-10-17/h7-14,21H,5-6H2,1-4H3,(H,25,28)(H2,24,26,30). The Kier molecular flexibility index (Phi) is 6.95. The van der Waals surface area contributed by atoms with E-state index in [2.05, 4.69) is 46.8 Å². The molecule has 0 aromatic heterocycles. The summed E-state index contributed by atoms with van der Waals surface area (Å²) in [6.45, 7) is 8.03. The number of allylic oxidation sites excluding steroid dienone is 1. The summed E-state index contributed by atoms with van der Waals surface area (Å²) in [5.41, 5.74) is 4.18. The van der Waals surface area contributed by atoms with Crippen LogP contribution in [0.2, 0.25) is 0 Å². The van der Waals surface area contributed by atoms with Crippen LogP contribution in [0.4, 0.5) is 11.4 Å². The molecular weight excluding hydrogens is 396 g/mol. The van der Waals surface area contributed by atoms with Crippen molar-refractivity contribution in [2.45, 2.75) is 26.8 Å². The maximum atomic E-state index is 13.2. The number of carbonyl (C=O) groups is 1. The molecule has 0 fully saturated rings. The van der Waals surface area contributed by atoms with E-state index in [-0.39, 0.29) is 11.9 Å². The van der Waals surface area contributed by atoms with Crippen molar-refractivity contribution in [2.75, 3.05) is 30.4 Å². The third-order valence-electron chi connectivity index (χ3n) is 5.22. The Bertz CT molecular complexity index is 935. The highest BCUT2D eigenvalue weighted by molar-refractivity contribution is 7.80. The van der Waals surface area contributed by atoms with Gasteiger partial charge in [-0.15, -0.1) is 0 Å². The fourth-order valence-corrected chi connectivity index (χ4v) is 3.85. The summed E-state index contributed by atoms with van der Waals surface area (Å²) >= 11 is 5.35. The van der Waals surface area contributed by atoms with Crippen molar-refractivity contribution < 1.29 is 9.53 Å². The van der Waals surface area contributed by atoms with Crippen molar-refractivity contribution in [3.05, 3.63) is 65.4 Å². The van der Waals surface area contributed by atoms with Crippen LogP contribution in [0, 0.1) is 0 Å². The van der Waals surface area contributed by atoms with Crippen molar-refractivity contribution >= 4 is 34.6 Å². The van der Waals surface area contributed by atoms with Gasteiger partial charge < -0.3 is 25.6 Å². The monoisotopic (exact) mass is 424 g/mol. The molecule has 0 aliphatic carbocycles. The lowest BCUT2D eigenvalue weighted by molar-refractivity contribution is -0.113. The first-order valence-corrected chi connectivity index (χ1v) is 10.5. The van der Waals surface area contributed by atoms with Gasteiger partial charge in [0.1, 0.15) is 5.75 Å². The summed E-state index contributed by atoms with van der Waals surface area (Å²) in [6.07, 6.45) is 0. The minimum atomic E-state index is -0.331. The molecule has 1 amide bonds. The molecule has 0 radical (unpaired) electrons. The number of ether oxygens (including phenoxy) is 1. The third-order valence-corrected chi connectivity index (χ3v) is 5.44. The molecule has 6 nitrogen and oxygen atoms in total. The number of amides is 1. The molecule has 3 N–H and O–H groups in total. The van der Waals surface area contributed by atoms with E-state index in [9.17, 15) is 4.79 Å². The van der Waals surface area contributed by atoms with E-state index < -0.39 is 0 Å². The summed E-state index contributed by atoms with van der Waals surface area (Å²) in [5.74, 6) is 0.555. The van der Waals surface area contributed by atoms with E-state index in [1.165, 1.54) is 0 Å². The number of benzene rings is 2. The average molecular weight is 425 g/mol. The normalized spacial score (nSPS) is 15.9. The molecule has 3 rings (SSSR count). The zero-order valence-corrected chi connectivity index (χ0v) is 18.6. The van der Waals surface area contributed by atoms with Gasteiger partial charge in [0.2, 0.25) is 0 Å². The highest BCUT2D eigenvalue weighted by atomic mass is 32.1. The molecule has 1 aliphatic heterocycles. The first-order chi connectivity index (χ1) is 14.5. The molecule has 0 spiro atoms. The first kappa shape index (κ1) is 21.6. The maximum Gasteiger partial charge on any atom is 0.255 e. The number of rotatable bonds is 7. The number of thiocarbonyl (C=S) groups is 1. The smallest absolute Gasteiger partial charge is 0.255 e. The molecule has 2 aromatic carbocycles. The van der Waals surface area contributed by atoms with Crippen LogP contribution in [0.3, 0.4) is 0 Å². The lowest BCUT2D eigenvalue weighted by Gasteiger charge is -2.31. The van der Waals surface area contributed by atoms with E-state index in [1.807, 2.05) is 43.3 Å². The zero-order chi connectivity index (χ0) is 21.7. The Morgan fingerprint density at radius 2 is 1.73 bits per heavy atom. The van der Waals surface area contributed by atoms with Gasteiger partial charge in [-0.25, -0.2) is 0 Å².